The second-order valence-electron chi connectivity index (χ2n) is 5.75. The SMILES string of the molecule is Cc1cccc(C(=O)N2CC[NH+](c3ccccc3F)CC2)c1. The topological polar surface area (TPSA) is 24.8 Å². The number of piperazine rings is 1. The molecule has 0 atom stereocenters. The van der Waals surface area contributed by atoms with Gasteiger partial charge in [-0.05, 0) is 25.1 Å². The lowest BCUT2D eigenvalue weighted by atomic mass is 10.1. The van der Waals surface area contributed by atoms with Crippen molar-refractivity contribution < 1.29 is 14.1 Å². The number of para-hydroxylation sites is 1. The average Bonchev–Trinajstić information content (AvgIpc) is 2.55. The van der Waals surface area contributed by atoms with Gasteiger partial charge in [-0.3, -0.25) is 9.69 Å². The van der Waals surface area contributed by atoms with Crippen LogP contribution in [0.2, 0.25) is 0 Å². The van der Waals surface area contributed by atoms with Crippen molar-refractivity contribution in [1.82, 2.24) is 4.90 Å². The Morgan fingerprint density at radius 1 is 1.09 bits per heavy atom. The molecular formula is C18H20FN2O+. The average molecular weight is 299 g/mol. The van der Waals surface area contributed by atoms with Gasteiger partial charge in [0.25, 0.3) is 5.91 Å². The summed E-state index contributed by atoms with van der Waals surface area (Å²) in [7, 11) is 0. The van der Waals surface area contributed by atoms with E-state index in [2.05, 4.69) is 0 Å². The smallest absolute Gasteiger partial charge is 0.254 e. The number of hydrogen-bond acceptors (Lipinski definition) is 1. The first-order chi connectivity index (χ1) is 10.6. The second kappa shape index (κ2) is 6.28. The van der Waals surface area contributed by atoms with Crippen LogP contribution in [0, 0.1) is 12.7 Å². The molecule has 114 valence electrons. The number of hydrogen-bond donors (Lipinski definition) is 1. The molecule has 2 aromatic carbocycles. The zero-order valence-corrected chi connectivity index (χ0v) is 12.7. The number of aryl methyl sites for hydroxylation is 1. The third kappa shape index (κ3) is 3.02. The molecule has 0 aliphatic carbocycles. The molecule has 1 heterocycles. The number of halogens is 1. The first kappa shape index (κ1) is 14.7. The number of nitrogens with zero attached hydrogens (tertiary/aromatic N) is 1. The largest absolute Gasteiger partial charge is 0.327 e. The predicted octanol–water partition coefficient (Wildman–Crippen LogP) is 1.81. The molecule has 0 spiro atoms. The summed E-state index contributed by atoms with van der Waals surface area (Å²) in [5, 5.41) is 0. The minimum atomic E-state index is -0.170. The zero-order valence-electron chi connectivity index (χ0n) is 12.7. The van der Waals surface area contributed by atoms with Crippen LogP contribution in [0.25, 0.3) is 0 Å². The van der Waals surface area contributed by atoms with E-state index in [-0.39, 0.29) is 11.7 Å². The Balaban J connectivity index is 1.67. The quantitative estimate of drug-likeness (QED) is 0.899. The van der Waals surface area contributed by atoms with Crippen molar-refractivity contribution in [2.75, 3.05) is 26.2 Å². The molecule has 0 radical (unpaired) electrons. The van der Waals surface area contributed by atoms with Gasteiger partial charge in [0.2, 0.25) is 0 Å². The molecule has 1 saturated heterocycles. The molecule has 1 aliphatic rings. The summed E-state index contributed by atoms with van der Waals surface area (Å²) in [6, 6.07) is 14.5. The molecule has 4 heteroatoms. The molecule has 0 aromatic heterocycles. The van der Waals surface area contributed by atoms with Crippen LogP contribution in [0.5, 0.6) is 0 Å². The maximum Gasteiger partial charge on any atom is 0.254 e. The van der Waals surface area contributed by atoms with Crippen LogP contribution in [-0.4, -0.2) is 37.0 Å². The van der Waals surface area contributed by atoms with E-state index in [1.807, 2.05) is 48.2 Å². The normalized spacial score (nSPS) is 15.8. The van der Waals surface area contributed by atoms with Crippen molar-refractivity contribution in [3.63, 3.8) is 0 Å². The number of rotatable bonds is 2. The Morgan fingerprint density at radius 2 is 1.82 bits per heavy atom. The van der Waals surface area contributed by atoms with Crippen molar-refractivity contribution in [2.45, 2.75) is 6.92 Å². The van der Waals surface area contributed by atoms with Crippen molar-refractivity contribution >= 4 is 11.6 Å². The number of quaternary nitrogens is 1. The minimum absolute atomic E-state index is 0.0660. The van der Waals surface area contributed by atoms with Gasteiger partial charge in [-0.1, -0.05) is 29.8 Å². The van der Waals surface area contributed by atoms with Gasteiger partial charge in [0.1, 0.15) is 0 Å². The van der Waals surface area contributed by atoms with Gasteiger partial charge in [-0.15, -0.1) is 0 Å². The van der Waals surface area contributed by atoms with Crippen LogP contribution in [0.3, 0.4) is 0 Å². The summed E-state index contributed by atoms with van der Waals surface area (Å²) in [5.41, 5.74) is 2.51. The number of amides is 1. The lowest BCUT2D eigenvalue weighted by molar-refractivity contribution is -0.838. The Bertz CT molecular complexity index is 678. The number of nitrogens with one attached hydrogen (secondary N) is 1. The summed E-state index contributed by atoms with van der Waals surface area (Å²) >= 11 is 0. The predicted molar refractivity (Wildman–Crippen MR) is 83.8 cm³/mol. The van der Waals surface area contributed by atoms with Crippen LogP contribution in [0.4, 0.5) is 10.1 Å². The molecule has 2 aromatic rings. The Labute approximate surface area is 130 Å². The van der Waals surface area contributed by atoms with E-state index in [1.165, 1.54) is 6.07 Å². The Kier molecular flexibility index (Phi) is 4.20. The van der Waals surface area contributed by atoms with Gasteiger partial charge in [-0.2, -0.15) is 0 Å². The van der Waals surface area contributed by atoms with E-state index in [0.29, 0.717) is 18.8 Å². The Morgan fingerprint density at radius 3 is 2.50 bits per heavy atom. The molecule has 0 saturated carbocycles. The lowest BCUT2D eigenvalue weighted by Crippen LogP contribution is -3.10. The summed E-state index contributed by atoms with van der Waals surface area (Å²) in [5.74, 6) is -0.104. The van der Waals surface area contributed by atoms with Gasteiger partial charge in [-0.25, -0.2) is 4.39 Å². The summed E-state index contributed by atoms with van der Waals surface area (Å²) < 4.78 is 13.8. The molecular weight excluding hydrogens is 279 g/mol. The fraction of sp³-hybridized carbons (Fsp3) is 0.278. The van der Waals surface area contributed by atoms with Crippen molar-refractivity contribution in [2.24, 2.45) is 0 Å². The molecule has 1 fully saturated rings. The Hall–Kier alpha value is -2.20. The van der Waals surface area contributed by atoms with Crippen molar-refractivity contribution in [3.8, 4) is 0 Å². The van der Waals surface area contributed by atoms with E-state index < -0.39 is 0 Å². The van der Waals surface area contributed by atoms with Crippen LogP contribution < -0.4 is 4.90 Å². The maximum atomic E-state index is 13.8. The fourth-order valence-electron chi connectivity index (χ4n) is 2.96. The maximum absolute atomic E-state index is 13.8. The standard InChI is InChI=1S/C18H19FN2O/c1-14-5-4-6-15(13-14)18(22)21-11-9-20(10-12-21)17-8-3-2-7-16(17)19/h2-8,13H,9-12H2,1H3/p+1. The van der Waals surface area contributed by atoms with Gasteiger partial charge < -0.3 is 4.90 Å². The minimum Gasteiger partial charge on any atom is -0.327 e. The first-order valence-corrected chi connectivity index (χ1v) is 7.60. The first-order valence-electron chi connectivity index (χ1n) is 7.60. The van der Waals surface area contributed by atoms with E-state index in [4.69, 9.17) is 0 Å². The number of carbonyl (C=O) groups is 1. The summed E-state index contributed by atoms with van der Waals surface area (Å²) in [6.07, 6.45) is 0. The van der Waals surface area contributed by atoms with Gasteiger partial charge in [0.05, 0.1) is 26.2 Å². The van der Waals surface area contributed by atoms with Crippen LogP contribution in [0.1, 0.15) is 15.9 Å². The third-order valence-corrected chi connectivity index (χ3v) is 4.17. The van der Waals surface area contributed by atoms with Crippen molar-refractivity contribution in [1.29, 1.82) is 0 Å². The molecule has 0 bridgehead atoms. The number of carbonyl (C=O) groups excluding carboxylic acids is 1. The highest BCUT2D eigenvalue weighted by molar-refractivity contribution is 5.94. The monoisotopic (exact) mass is 299 g/mol. The molecule has 22 heavy (non-hydrogen) atoms. The van der Waals surface area contributed by atoms with E-state index in [1.54, 1.807) is 6.07 Å². The fourth-order valence-corrected chi connectivity index (χ4v) is 2.96. The van der Waals surface area contributed by atoms with E-state index in [0.717, 1.165) is 29.1 Å². The van der Waals surface area contributed by atoms with Gasteiger partial charge >= 0.3 is 0 Å². The number of benzene rings is 2. The molecule has 1 N–H and O–H groups in total. The third-order valence-electron chi connectivity index (χ3n) is 4.17. The van der Waals surface area contributed by atoms with Crippen LogP contribution in [0.15, 0.2) is 48.5 Å². The highest BCUT2D eigenvalue weighted by Gasteiger charge is 2.27. The summed E-state index contributed by atoms with van der Waals surface area (Å²) in [4.78, 5) is 15.5. The molecule has 3 nitrogen and oxygen atoms in total. The summed E-state index contributed by atoms with van der Waals surface area (Å²) in [6.45, 7) is 4.75. The second-order valence-corrected chi connectivity index (χ2v) is 5.75. The molecule has 1 aliphatic heterocycles. The zero-order chi connectivity index (χ0) is 15.5. The highest BCUT2D eigenvalue weighted by atomic mass is 19.1. The van der Waals surface area contributed by atoms with Crippen LogP contribution >= 0.6 is 0 Å². The molecule has 0 unspecified atom stereocenters. The molecule has 3 rings (SSSR count). The van der Waals surface area contributed by atoms with Crippen LogP contribution in [-0.2, 0) is 0 Å². The van der Waals surface area contributed by atoms with E-state index >= 15 is 0 Å². The van der Waals surface area contributed by atoms with Crippen molar-refractivity contribution in [3.05, 3.63) is 65.5 Å². The highest BCUT2D eigenvalue weighted by Crippen LogP contribution is 2.10. The lowest BCUT2D eigenvalue weighted by Gasteiger charge is -2.32. The van der Waals surface area contributed by atoms with Gasteiger partial charge in [0, 0.05) is 11.6 Å². The molecule has 1 amide bonds. The van der Waals surface area contributed by atoms with Gasteiger partial charge in [0.15, 0.2) is 11.5 Å². The van der Waals surface area contributed by atoms with E-state index in [9.17, 15) is 9.18 Å².